The maximum atomic E-state index is 4.44. The second-order valence-corrected chi connectivity index (χ2v) is 10.5. The summed E-state index contributed by atoms with van der Waals surface area (Å²) in [4.78, 5) is 39.5. The maximum Gasteiger partial charge on any atom is 0.181 e. The van der Waals surface area contributed by atoms with E-state index >= 15 is 0 Å². The van der Waals surface area contributed by atoms with E-state index in [1.54, 1.807) is 6.33 Å². The Morgan fingerprint density at radius 3 is 1.39 bits per heavy atom. The molecule has 6 heterocycles. The fraction of sp³-hybridized carbons (Fsp3) is 0.452. The van der Waals surface area contributed by atoms with Crippen LogP contribution in [0.25, 0.3) is 33.2 Å². The Bertz CT molecular complexity index is 1490. The summed E-state index contributed by atoms with van der Waals surface area (Å²) >= 11 is 0. The number of nitrogens with one attached hydrogen (secondary N) is 3. The summed E-state index contributed by atoms with van der Waals surface area (Å²) in [5.74, 6) is 3.73. The highest BCUT2D eigenvalue weighted by molar-refractivity contribution is 5.79. The maximum absolute atomic E-state index is 4.44. The van der Waals surface area contributed by atoms with Gasteiger partial charge in [-0.25, -0.2) is 34.9 Å². The van der Waals surface area contributed by atoms with E-state index in [-0.39, 0.29) is 14.9 Å². The van der Waals surface area contributed by atoms with Crippen LogP contribution >= 0.6 is 0 Å². The first-order valence-electron chi connectivity index (χ1n) is 13.4. The van der Waals surface area contributed by atoms with Gasteiger partial charge in [0, 0.05) is 23.2 Å². The van der Waals surface area contributed by atoms with Crippen LogP contribution in [0.2, 0.25) is 0 Å². The van der Waals surface area contributed by atoms with Crippen molar-refractivity contribution in [3.63, 3.8) is 0 Å². The van der Waals surface area contributed by atoms with E-state index in [0.717, 1.165) is 67.8 Å². The van der Waals surface area contributed by atoms with Crippen LogP contribution in [0.3, 0.4) is 0 Å². The van der Waals surface area contributed by atoms with Gasteiger partial charge in [-0.05, 0) is 50.7 Å². The van der Waals surface area contributed by atoms with Crippen LogP contribution in [-0.4, -0.2) is 49.8 Å². The predicted molar refractivity (Wildman–Crippen MR) is 169 cm³/mol. The molecule has 220 valence electrons. The Balaban J connectivity index is 0.000000210. The number of imidazole rings is 1. The number of nitrogens with zero attached hydrogens (tertiary/aromatic N) is 7. The second kappa shape index (κ2) is 13.9. The van der Waals surface area contributed by atoms with Crippen LogP contribution in [-0.2, 0) is 0 Å². The molecule has 0 aliphatic rings. The van der Waals surface area contributed by atoms with Gasteiger partial charge in [0.15, 0.2) is 5.65 Å². The molecule has 0 radical (unpaired) electrons. The molecule has 0 amide bonds. The Morgan fingerprint density at radius 1 is 0.537 bits per heavy atom. The van der Waals surface area contributed by atoms with Gasteiger partial charge in [-0.1, -0.05) is 56.4 Å². The van der Waals surface area contributed by atoms with Crippen molar-refractivity contribution < 1.29 is 0 Å². The highest BCUT2D eigenvalue weighted by Gasteiger charge is 2.11. The molecule has 0 aliphatic carbocycles. The van der Waals surface area contributed by atoms with E-state index in [1.807, 2.05) is 45.3 Å². The summed E-state index contributed by atoms with van der Waals surface area (Å²) in [6.07, 6.45) is 5.47. The third kappa shape index (κ3) is 7.50. The molecule has 0 bridgehead atoms. The zero-order chi connectivity index (χ0) is 28.3. The number of hydrogen-bond acceptors (Lipinski definition) is 7. The average molecular weight is 559 g/mol. The second-order valence-electron chi connectivity index (χ2n) is 10.5. The van der Waals surface area contributed by atoms with Crippen molar-refractivity contribution in [2.45, 2.75) is 94.9 Å². The van der Waals surface area contributed by atoms with E-state index in [9.17, 15) is 0 Å². The van der Waals surface area contributed by atoms with Crippen molar-refractivity contribution in [2.24, 2.45) is 0 Å². The summed E-state index contributed by atoms with van der Waals surface area (Å²) < 4.78 is 0. The van der Waals surface area contributed by atoms with E-state index < -0.39 is 0 Å². The van der Waals surface area contributed by atoms with Crippen molar-refractivity contribution in [1.82, 2.24) is 49.8 Å². The number of aromatic amines is 3. The zero-order valence-electron chi connectivity index (χ0n) is 24.2. The van der Waals surface area contributed by atoms with Crippen molar-refractivity contribution >= 4 is 33.2 Å². The molecule has 6 rings (SSSR count). The van der Waals surface area contributed by atoms with Gasteiger partial charge in [-0.2, -0.15) is 0 Å². The minimum Gasteiger partial charge on any atom is -0.346 e. The van der Waals surface area contributed by atoms with Gasteiger partial charge in [0.1, 0.15) is 34.3 Å². The summed E-state index contributed by atoms with van der Waals surface area (Å²) in [5.41, 5.74) is 6.90. The first kappa shape index (κ1) is 33.0. The van der Waals surface area contributed by atoms with Gasteiger partial charge in [0.2, 0.25) is 0 Å². The Kier molecular flexibility index (Phi) is 11.2. The molecule has 10 heteroatoms. The number of aromatic nitrogens is 10. The smallest absolute Gasteiger partial charge is 0.181 e. The molecule has 0 spiro atoms. The molecule has 41 heavy (non-hydrogen) atoms. The number of rotatable bonds is 3. The minimum absolute atomic E-state index is 0. The van der Waals surface area contributed by atoms with Gasteiger partial charge in [0.05, 0.1) is 23.4 Å². The molecule has 0 unspecified atom stereocenters. The van der Waals surface area contributed by atoms with E-state index in [2.05, 4.69) is 91.4 Å². The van der Waals surface area contributed by atoms with Crippen LogP contribution in [0.4, 0.5) is 0 Å². The summed E-state index contributed by atoms with van der Waals surface area (Å²) in [5, 5.41) is 2.28. The number of hydrogen-bond donors (Lipinski definition) is 3. The molecule has 0 saturated heterocycles. The van der Waals surface area contributed by atoms with Crippen LogP contribution in [0.5, 0.6) is 0 Å². The summed E-state index contributed by atoms with van der Waals surface area (Å²) in [6, 6.07) is 4.06. The summed E-state index contributed by atoms with van der Waals surface area (Å²) in [7, 11) is 0. The molecule has 3 N–H and O–H groups in total. The molecule has 0 atom stereocenters. The number of fused-ring (bicyclic) bond motifs is 3. The Labute approximate surface area is 243 Å². The van der Waals surface area contributed by atoms with E-state index in [0.29, 0.717) is 17.8 Å². The molecule has 0 aliphatic heterocycles. The zero-order valence-corrected chi connectivity index (χ0v) is 24.2. The molecule has 10 nitrogen and oxygen atoms in total. The normalized spacial score (nSPS) is 10.8. The lowest BCUT2D eigenvalue weighted by Crippen LogP contribution is -1.99. The predicted octanol–water partition coefficient (Wildman–Crippen LogP) is 7.84. The fourth-order valence-corrected chi connectivity index (χ4v) is 4.43. The van der Waals surface area contributed by atoms with Gasteiger partial charge in [-0.3, -0.25) is 0 Å². The monoisotopic (exact) mass is 558 g/mol. The largest absolute Gasteiger partial charge is 0.346 e. The van der Waals surface area contributed by atoms with Crippen molar-refractivity contribution in [1.29, 1.82) is 0 Å². The standard InChI is InChI=1S/2C10H13N3.C9H12N4.2CH4/c2*1-6(2)9-8-4-5-11-10(8)13-7(3)12-9;1-5(2)7-8-9(11-4-10-8)13-6(3)12-7;;/h2*4-6H,1-3H3,(H,11,12,13);4-5H,1-3H3,(H,10,11,12,13);2*1H4. The highest BCUT2D eigenvalue weighted by atomic mass is 15.0. The SMILES string of the molecule is C.C.Cc1nc(C(C)C)c2[nH]cnc2n1.Cc1nc(C(C)C)c2cc[nH]c2n1.Cc1nc(C(C)C)c2cc[nH]c2n1. The molecule has 0 aromatic carbocycles. The summed E-state index contributed by atoms with van der Waals surface area (Å²) in [6.45, 7) is 18.5. The molecular formula is C31H46N10. The third-order valence-electron chi connectivity index (χ3n) is 6.18. The molecule has 6 aromatic heterocycles. The minimum atomic E-state index is 0. The van der Waals surface area contributed by atoms with Crippen molar-refractivity contribution in [2.75, 3.05) is 0 Å². The van der Waals surface area contributed by atoms with Gasteiger partial charge < -0.3 is 15.0 Å². The molecule has 6 aromatic rings. The van der Waals surface area contributed by atoms with Crippen LogP contribution in [0.15, 0.2) is 30.9 Å². The van der Waals surface area contributed by atoms with Crippen molar-refractivity contribution in [3.8, 4) is 0 Å². The lowest BCUT2D eigenvalue weighted by Gasteiger charge is -2.06. The highest BCUT2D eigenvalue weighted by Crippen LogP contribution is 2.22. The lowest BCUT2D eigenvalue weighted by molar-refractivity contribution is 0.814. The quantitative estimate of drug-likeness (QED) is 0.201. The first-order valence-corrected chi connectivity index (χ1v) is 13.4. The number of aryl methyl sites for hydroxylation is 3. The van der Waals surface area contributed by atoms with Crippen LogP contribution in [0, 0.1) is 20.8 Å². The van der Waals surface area contributed by atoms with Crippen LogP contribution in [0.1, 0.15) is 109 Å². The first-order chi connectivity index (χ1) is 18.5. The van der Waals surface area contributed by atoms with Crippen LogP contribution < -0.4 is 0 Å². The van der Waals surface area contributed by atoms with Crippen molar-refractivity contribution in [3.05, 3.63) is 65.4 Å². The topological polar surface area (TPSA) is 138 Å². The van der Waals surface area contributed by atoms with E-state index in [4.69, 9.17) is 0 Å². The lowest BCUT2D eigenvalue weighted by atomic mass is 10.1. The molecule has 0 fully saturated rings. The third-order valence-corrected chi connectivity index (χ3v) is 6.18. The number of H-pyrrole nitrogens is 3. The van der Waals surface area contributed by atoms with Gasteiger partial charge in [-0.15, -0.1) is 0 Å². The Hall–Kier alpha value is -4.21. The Morgan fingerprint density at radius 2 is 0.951 bits per heavy atom. The molecular weight excluding hydrogens is 512 g/mol. The van der Waals surface area contributed by atoms with Gasteiger partial charge in [0.25, 0.3) is 0 Å². The molecule has 0 saturated carbocycles. The van der Waals surface area contributed by atoms with Gasteiger partial charge >= 0.3 is 0 Å². The fourth-order valence-electron chi connectivity index (χ4n) is 4.43. The van der Waals surface area contributed by atoms with E-state index in [1.165, 1.54) is 0 Å². The average Bonchev–Trinajstić information content (AvgIpc) is 3.63.